The maximum Gasteiger partial charge on any atom is 0.152 e. The van der Waals surface area contributed by atoms with E-state index in [1.165, 1.54) is 0 Å². The van der Waals surface area contributed by atoms with Crippen LogP contribution in [0, 0.1) is 17.5 Å². The summed E-state index contributed by atoms with van der Waals surface area (Å²) >= 11 is 0. The van der Waals surface area contributed by atoms with Gasteiger partial charge >= 0.3 is 0 Å². The van der Waals surface area contributed by atoms with E-state index in [-0.39, 0.29) is 11.7 Å². The predicted octanol–water partition coefficient (Wildman–Crippen LogP) is 4.68. The molecule has 0 bridgehead atoms. The van der Waals surface area contributed by atoms with E-state index in [0.29, 0.717) is 18.7 Å². The molecule has 2 aromatic carbocycles. The molecule has 5 heteroatoms. The van der Waals surface area contributed by atoms with Gasteiger partial charge in [-0.2, -0.15) is 0 Å². The van der Waals surface area contributed by atoms with Crippen molar-refractivity contribution >= 4 is 5.69 Å². The maximum absolute atomic E-state index is 13.6. The molecule has 0 aliphatic carbocycles. The van der Waals surface area contributed by atoms with Gasteiger partial charge in [-0.3, -0.25) is 0 Å². The van der Waals surface area contributed by atoms with Gasteiger partial charge in [0.1, 0.15) is 17.3 Å². The molecule has 2 rings (SSSR count). The number of nitrogens with one attached hydrogen (secondary N) is 1. The minimum atomic E-state index is -0.953. The largest absolute Gasteiger partial charge is 0.494 e. The molecule has 1 atom stereocenters. The van der Waals surface area contributed by atoms with Crippen LogP contribution in [0.2, 0.25) is 0 Å². The second-order valence-electron chi connectivity index (χ2n) is 4.61. The molecule has 0 aliphatic rings. The van der Waals surface area contributed by atoms with E-state index >= 15 is 0 Å². The van der Waals surface area contributed by atoms with Crippen LogP contribution in [-0.2, 0) is 0 Å². The zero-order valence-electron chi connectivity index (χ0n) is 11.8. The first kappa shape index (κ1) is 15.2. The van der Waals surface area contributed by atoms with Gasteiger partial charge < -0.3 is 10.1 Å². The highest BCUT2D eigenvalue weighted by molar-refractivity contribution is 5.48. The Morgan fingerprint density at radius 2 is 1.62 bits per heavy atom. The van der Waals surface area contributed by atoms with Gasteiger partial charge in [0.15, 0.2) is 11.6 Å². The minimum Gasteiger partial charge on any atom is -0.494 e. The van der Waals surface area contributed by atoms with Crippen molar-refractivity contribution in [2.75, 3.05) is 11.9 Å². The highest BCUT2D eigenvalue weighted by Gasteiger charge is 2.14. The number of ether oxygens (including phenoxy) is 1. The van der Waals surface area contributed by atoms with Gasteiger partial charge in [-0.1, -0.05) is 12.1 Å². The molecule has 0 aromatic heterocycles. The molecule has 0 saturated carbocycles. The Morgan fingerprint density at radius 1 is 1.05 bits per heavy atom. The van der Waals surface area contributed by atoms with Gasteiger partial charge in [0, 0.05) is 18.2 Å². The quantitative estimate of drug-likeness (QED) is 0.865. The lowest BCUT2D eigenvalue weighted by molar-refractivity contribution is 0.340. The number of rotatable bonds is 5. The molecule has 0 spiro atoms. The smallest absolute Gasteiger partial charge is 0.152 e. The first-order valence-electron chi connectivity index (χ1n) is 6.65. The number of hydrogen-bond acceptors (Lipinski definition) is 2. The van der Waals surface area contributed by atoms with E-state index in [1.807, 2.05) is 19.1 Å². The summed E-state index contributed by atoms with van der Waals surface area (Å²) in [5.41, 5.74) is 0.499. The molecule has 1 N–H and O–H groups in total. The Bertz CT molecular complexity index is 590. The fourth-order valence-corrected chi connectivity index (χ4v) is 2.00. The van der Waals surface area contributed by atoms with E-state index in [1.54, 1.807) is 19.1 Å². The van der Waals surface area contributed by atoms with Crippen LogP contribution in [0.25, 0.3) is 0 Å². The molecule has 1 unspecified atom stereocenters. The molecular weight excluding hydrogens is 279 g/mol. The standard InChI is InChI=1S/C16H16F3NO/c1-3-21-13-6-4-11(5-7-13)10(2)20-16-14(18)8-12(17)9-15(16)19/h4-10,20H,3H2,1-2H3. The SMILES string of the molecule is CCOc1ccc(C(C)Nc2c(F)cc(F)cc2F)cc1. The van der Waals surface area contributed by atoms with Crippen molar-refractivity contribution in [2.45, 2.75) is 19.9 Å². The van der Waals surface area contributed by atoms with E-state index < -0.39 is 17.5 Å². The van der Waals surface area contributed by atoms with Crippen LogP contribution in [0.5, 0.6) is 5.75 Å². The molecule has 0 amide bonds. The van der Waals surface area contributed by atoms with Crippen LogP contribution >= 0.6 is 0 Å². The van der Waals surface area contributed by atoms with E-state index in [0.717, 1.165) is 11.3 Å². The Morgan fingerprint density at radius 3 is 2.14 bits per heavy atom. The normalized spacial score (nSPS) is 12.0. The number of halogens is 3. The summed E-state index contributed by atoms with van der Waals surface area (Å²) in [4.78, 5) is 0. The molecule has 21 heavy (non-hydrogen) atoms. The molecule has 2 aromatic rings. The minimum absolute atomic E-state index is 0.335. The molecule has 0 fully saturated rings. The molecule has 0 radical (unpaired) electrons. The predicted molar refractivity (Wildman–Crippen MR) is 76.0 cm³/mol. The van der Waals surface area contributed by atoms with Crippen molar-refractivity contribution in [3.05, 3.63) is 59.4 Å². The van der Waals surface area contributed by atoms with Crippen molar-refractivity contribution in [1.82, 2.24) is 0 Å². The second kappa shape index (κ2) is 6.52. The van der Waals surface area contributed by atoms with Crippen molar-refractivity contribution in [2.24, 2.45) is 0 Å². The fraction of sp³-hybridized carbons (Fsp3) is 0.250. The summed E-state index contributed by atoms with van der Waals surface area (Å²) in [6, 6.07) is 8.15. The first-order valence-corrected chi connectivity index (χ1v) is 6.65. The lowest BCUT2D eigenvalue weighted by atomic mass is 10.1. The van der Waals surface area contributed by atoms with Gasteiger partial charge in [-0.15, -0.1) is 0 Å². The molecule has 2 nitrogen and oxygen atoms in total. The third-order valence-corrected chi connectivity index (χ3v) is 3.06. The van der Waals surface area contributed by atoms with Crippen molar-refractivity contribution in [3.8, 4) is 5.75 Å². The van der Waals surface area contributed by atoms with Gasteiger partial charge in [-0.25, -0.2) is 13.2 Å². The third-order valence-electron chi connectivity index (χ3n) is 3.06. The van der Waals surface area contributed by atoms with Crippen LogP contribution in [0.4, 0.5) is 18.9 Å². The van der Waals surface area contributed by atoms with E-state index in [4.69, 9.17) is 4.74 Å². The van der Waals surface area contributed by atoms with Crippen LogP contribution in [-0.4, -0.2) is 6.61 Å². The van der Waals surface area contributed by atoms with Crippen molar-refractivity contribution in [3.63, 3.8) is 0 Å². The van der Waals surface area contributed by atoms with Gasteiger partial charge in [0.2, 0.25) is 0 Å². The summed E-state index contributed by atoms with van der Waals surface area (Å²) in [5.74, 6) is -2.12. The Balaban J connectivity index is 2.16. The average molecular weight is 295 g/mol. The average Bonchev–Trinajstić information content (AvgIpc) is 2.43. The highest BCUT2D eigenvalue weighted by Crippen LogP contribution is 2.26. The zero-order valence-corrected chi connectivity index (χ0v) is 11.8. The van der Waals surface area contributed by atoms with E-state index in [2.05, 4.69) is 5.32 Å². The molecule has 0 heterocycles. The Kier molecular flexibility index (Phi) is 4.73. The van der Waals surface area contributed by atoms with Gasteiger partial charge in [-0.05, 0) is 31.5 Å². The van der Waals surface area contributed by atoms with E-state index in [9.17, 15) is 13.2 Å². The van der Waals surface area contributed by atoms with Crippen LogP contribution < -0.4 is 10.1 Å². The number of benzene rings is 2. The third kappa shape index (κ3) is 3.68. The molecule has 0 aliphatic heterocycles. The van der Waals surface area contributed by atoms with Crippen LogP contribution in [0.3, 0.4) is 0 Å². The summed E-state index contributed by atoms with van der Waals surface area (Å²) in [6.45, 7) is 4.22. The van der Waals surface area contributed by atoms with Crippen molar-refractivity contribution in [1.29, 1.82) is 0 Å². The summed E-state index contributed by atoms with van der Waals surface area (Å²) < 4.78 is 45.4. The fourth-order valence-electron chi connectivity index (χ4n) is 2.00. The summed E-state index contributed by atoms with van der Waals surface area (Å²) in [6.07, 6.45) is 0. The van der Waals surface area contributed by atoms with Crippen LogP contribution in [0.1, 0.15) is 25.5 Å². The van der Waals surface area contributed by atoms with Crippen LogP contribution in [0.15, 0.2) is 36.4 Å². The topological polar surface area (TPSA) is 21.3 Å². The molecular formula is C16H16F3NO. The maximum atomic E-state index is 13.6. The second-order valence-corrected chi connectivity index (χ2v) is 4.61. The Hall–Kier alpha value is -2.17. The monoisotopic (exact) mass is 295 g/mol. The zero-order chi connectivity index (χ0) is 15.4. The number of anilines is 1. The number of hydrogen-bond donors (Lipinski definition) is 1. The van der Waals surface area contributed by atoms with Crippen molar-refractivity contribution < 1.29 is 17.9 Å². The summed E-state index contributed by atoms with van der Waals surface area (Å²) in [7, 11) is 0. The molecule has 0 saturated heterocycles. The van der Waals surface area contributed by atoms with Gasteiger partial charge in [0.25, 0.3) is 0 Å². The van der Waals surface area contributed by atoms with Gasteiger partial charge in [0.05, 0.1) is 6.61 Å². The first-order chi connectivity index (χ1) is 10.0. The lowest BCUT2D eigenvalue weighted by Crippen LogP contribution is -2.10. The lowest BCUT2D eigenvalue weighted by Gasteiger charge is -2.17. The molecule has 112 valence electrons. The highest BCUT2D eigenvalue weighted by atomic mass is 19.1. The summed E-state index contributed by atoms with van der Waals surface area (Å²) in [5, 5.41) is 2.72. The Labute approximate surface area is 121 Å².